The molecule has 1 aromatic carbocycles. The summed E-state index contributed by atoms with van der Waals surface area (Å²) in [6.07, 6.45) is 0.140. The van der Waals surface area contributed by atoms with Crippen LogP contribution in [0.1, 0.15) is 11.1 Å². The number of hydrogen-bond acceptors (Lipinski definition) is 2. The van der Waals surface area contributed by atoms with Crippen LogP contribution in [0.4, 0.5) is 14.5 Å². The van der Waals surface area contributed by atoms with Crippen molar-refractivity contribution in [3.05, 3.63) is 35.4 Å². The Morgan fingerprint density at radius 2 is 2.17 bits per heavy atom. The molecule has 1 aromatic rings. The van der Waals surface area contributed by atoms with E-state index in [9.17, 15) is 13.6 Å². The van der Waals surface area contributed by atoms with Crippen molar-refractivity contribution in [2.75, 3.05) is 18.5 Å². The zero-order chi connectivity index (χ0) is 13.7. The summed E-state index contributed by atoms with van der Waals surface area (Å²) < 4.78 is 24.5. The summed E-state index contributed by atoms with van der Waals surface area (Å²) in [4.78, 5) is 11.9. The standard InChI is InChI=1S/C13H15F2NO2/c1-9-7-11(16(2)8-12(14)15)5-3-10(9)4-6-13(17)18/h3-7,12H,8H2,1-2H3,(H,17,18)/b6-4+. The first kappa shape index (κ1) is 14.2. The number of alkyl halides is 2. The Hall–Kier alpha value is -1.91. The van der Waals surface area contributed by atoms with Gasteiger partial charge in [0.25, 0.3) is 6.43 Å². The quantitative estimate of drug-likeness (QED) is 0.822. The zero-order valence-corrected chi connectivity index (χ0v) is 10.2. The summed E-state index contributed by atoms with van der Waals surface area (Å²) in [5.41, 5.74) is 2.28. The second-order valence-corrected chi connectivity index (χ2v) is 3.98. The van der Waals surface area contributed by atoms with Crippen molar-refractivity contribution in [3.8, 4) is 0 Å². The average molecular weight is 255 g/mol. The number of anilines is 1. The normalized spacial score (nSPS) is 11.2. The van der Waals surface area contributed by atoms with Crippen LogP contribution in [0.15, 0.2) is 24.3 Å². The molecule has 0 atom stereocenters. The van der Waals surface area contributed by atoms with E-state index in [1.807, 2.05) is 0 Å². The average Bonchev–Trinajstić information content (AvgIpc) is 2.26. The monoisotopic (exact) mass is 255 g/mol. The van der Waals surface area contributed by atoms with Crippen molar-refractivity contribution in [3.63, 3.8) is 0 Å². The summed E-state index contributed by atoms with van der Waals surface area (Å²) in [6.45, 7) is 1.48. The first-order valence-electron chi connectivity index (χ1n) is 5.41. The van der Waals surface area contributed by atoms with E-state index in [4.69, 9.17) is 5.11 Å². The Bertz CT molecular complexity index is 458. The van der Waals surface area contributed by atoms with Gasteiger partial charge in [0.1, 0.15) is 0 Å². The van der Waals surface area contributed by atoms with Crippen LogP contribution in [-0.2, 0) is 4.79 Å². The number of hydrogen-bond donors (Lipinski definition) is 1. The number of halogens is 2. The Morgan fingerprint density at radius 1 is 1.50 bits per heavy atom. The van der Waals surface area contributed by atoms with Crippen LogP contribution in [-0.4, -0.2) is 31.1 Å². The lowest BCUT2D eigenvalue weighted by Gasteiger charge is -2.19. The fourth-order valence-electron chi connectivity index (χ4n) is 1.56. The third-order valence-corrected chi connectivity index (χ3v) is 2.51. The van der Waals surface area contributed by atoms with Gasteiger partial charge < -0.3 is 10.0 Å². The lowest BCUT2D eigenvalue weighted by Crippen LogP contribution is -2.23. The SMILES string of the molecule is Cc1cc(N(C)CC(F)F)ccc1/C=C/C(=O)O. The van der Waals surface area contributed by atoms with E-state index in [0.29, 0.717) is 5.69 Å². The Morgan fingerprint density at radius 3 is 2.67 bits per heavy atom. The largest absolute Gasteiger partial charge is 0.478 e. The number of aliphatic carboxylic acids is 1. The molecule has 3 nitrogen and oxygen atoms in total. The van der Waals surface area contributed by atoms with Crippen molar-refractivity contribution in [1.29, 1.82) is 0 Å². The minimum atomic E-state index is -2.39. The lowest BCUT2D eigenvalue weighted by atomic mass is 10.1. The van der Waals surface area contributed by atoms with Crippen molar-refractivity contribution in [2.24, 2.45) is 0 Å². The first-order chi connectivity index (χ1) is 8.40. The molecule has 0 aliphatic rings. The highest BCUT2D eigenvalue weighted by atomic mass is 19.3. The van der Waals surface area contributed by atoms with E-state index in [1.165, 1.54) is 11.0 Å². The topological polar surface area (TPSA) is 40.5 Å². The Balaban J connectivity index is 2.88. The number of carboxylic acid groups (broad SMARTS) is 1. The molecule has 0 saturated carbocycles. The number of carboxylic acids is 1. The zero-order valence-electron chi connectivity index (χ0n) is 10.2. The predicted molar refractivity (Wildman–Crippen MR) is 67.1 cm³/mol. The molecule has 18 heavy (non-hydrogen) atoms. The molecule has 0 aromatic heterocycles. The highest BCUT2D eigenvalue weighted by Gasteiger charge is 2.09. The minimum Gasteiger partial charge on any atom is -0.478 e. The predicted octanol–water partition coefficient (Wildman–Crippen LogP) is 2.79. The van der Waals surface area contributed by atoms with Crippen LogP contribution >= 0.6 is 0 Å². The molecule has 0 aliphatic carbocycles. The van der Waals surface area contributed by atoms with Crippen molar-refractivity contribution in [2.45, 2.75) is 13.3 Å². The lowest BCUT2D eigenvalue weighted by molar-refractivity contribution is -0.131. The first-order valence-corrected chi connectivity index (χ1v) is 5.41. The molecule has 0 spiro atoms. The molecular formula is C13H15F2NO2. The molecule has 0 aliphatic heterocycles. The molecule has 0 amide bonds. The number of carbonyl (C=O) groups is 1. The van der Waals surface area contributed by atoms with Gasteiger partial charge in [-0.2, -0.15) is 0 Å². The maximum Gasteiger partial charge on any atom is 0.328 e. The van der Waals surface area contributed by atoms with Gasteiger partial charge in [-0.05, 0) is 36.3 Å². The molecule has 0 saturated heterocycles. The van der Waals surface area contributed by atoms with Crippen LogP contribution in [0, 0.1) is 6.92 Å². The number of rotatable bonds is 5. The van der Waals surface area contributed by atoms with Gasteiger partial charge in [0, 0.05) is 18.8 Å². The Kier molecular flexibility index (Phi) is 4.83. The van der Waals surface area contributed by atoms with Crippen molar-refractivity contribution in [1.82, 2.24) is 0 Å². The van der Waals surface area contributed by atoms with Crippen LogP contribution in [0.25, 0.3) is 6.08 Å². The van der Waals surface area contributed by atoms with Gasteiger partial charge in [-0.15, -0.1) is 0 Å². The molecular weight excluding hydrogens is 240 g/mol. The number of nitrogens with zero attached hydrogens (tertiary/aromatic N) is 1. The maximum absolute atomic E-state index is 12.2. The van der Waals surface area contributed by atoms with Crippen LogP contribution in [0.5, 0.6) is 0 Å². The highest BCUT2D eigenvalue weighted by molar-refractivity contribution is 5.85. The summed E-state index contributed by atoms with van der Waals surface area (Å²) in [7, 11) is 1.59. The van der Waals surface area contributed by atoms with Gasteiger partial charge in [0.15, 0.2) is 0 Å². The molecule has 0 fully saturated rings. The minimum absolute atomic E-state index is 0.330. The fraction of sp³-hybridized carbons (Fsp3) is 0.308. The molecule has 1 rings (SSSR count). The summed E-state index contributed by atoms with van der Waals surface area (Å²) in [5, 5.41) is 8.53. The molecule has 0 bridgehead atoms. The molecule has 5 heteroatoms. The Labute approximate surface area is 104 Å². The third-order valence-electron chi connectivity index (χ3n) is 2.51. The summed E-state index contributed by atoms with van der Waals surface area (Å²) in [6, 6.07) is 5.16. The van der Waals surface area contributed by atoms with E-state index >= 15 is 0 Å². The highest BCUT2D eigenvalue weighted by Crippen LogP contribution is 2.20. The smallest absolute Gasteiger partial charge is 0.328 e. The van der Waals surface area contributed by atoms with E-state index in [1.54, 1.807) is 32.2 Å². The van der Waals surface area contributed by atoms with Gasteiger partial charge >= 0.3 is 5.97 Å². The molecule has 0 unspecified atom stereocenters. The van der Waals surface area contributed by atoms with E-state index in [0.717, 1.165) is 17.2 Å². The van der Waals surface area contributed by atoms with Crippen LogP contribution < -0.4 is 4.90 Å². The van der Waals surface area contributed by atoms with E-state index in [-0.39, 0.29) is 6.54 Å². The molecule has 98 valence electrons. The van der Waals surface area contributed by atoms with E-state index in [2.05, 4.69) is 0 Å². The summed E-state index contributed by atoms with van der Waals surface area (Å²) >= 11 is 0. The van der Waals surface area contributed by atoms with Gasteiger partial charge in [-0.3, -0.25) is 0 Å². The molecule has 0 heterocycles. The third kappa shape index (κ3) is 4.16. The van der Waals surface area contributed by atoms with Crippen LogP contribution in [0.3, 0.4) is 0 Å². The fourth-order valence-corrected chi connectivity index (χ4v) is 1.56. The van der Waals surface area contributed by atoms with Crippen molar-refractivity contribution >= 4 is 17.7 Å². The van der Waals surface area contributed by atoms with E-state index < -0.39 is 12.4 Å². The molecule has 0 radical (unpaired) electrons. The van der Waals surface area contributed by atoms with Gasteiger partial charge in [0.2, 0.25) is 0 Å². The maximum atomic E-state index is 12.2. The van der Waals surface area contributed by atoms with Gasteiger partial charge in [-0.1, -0.05) is 6.07 Å². The van der Waals surface area contributed by atoms with Gasteiger partial charge in [0.05, 0.1) is 6.54 Å². The van der Waals surface area contributed by atoms with Crippen LogP contribution in [0.2, 0.25) is 0 Å². The number of benzene rings is 1. The molecule has 1 N–H and O–H groups in total. The summed E-state index contributed by atoms with van der Waals surface area (Å²) in [5.74, 6) is -1.02. The second-order valence-electron chi connectivity index (χ2n) is 3.98. The number of aryl methyl sites for hydroxylation is 1. The van der Waals surface area contributed by atoms with Crippen molar-refractivity contribution < 1.29 is 18.7 Å². The van der Waals surface area contributed by atoms with Gasteiger partial charge in [-0.25, -0.2) is 13.6 Å². The second kappa shape index (κ2) is 6.14.